The van der Waals surface area contributed by atoms with Crippen molar-refractivity contribution < 1.29 is 101 Å². The van der Waals surface area contributed by atoms with E-state index < -0.39 is 94.3 Å². The minimum absolute atomic E-state index is 0. The Morgan fingerprint density at radius 3 is 0.868 bits per heavy atom. The number of carboxylic acid groups (broad SMARTS) is 4. The fraction of sp³-hybridized carbons (Fsp3) is 0.357. The molecule has 0 fully saturated rings. The van der Waals surface area contributed by atoms with Crippen LogP contribution in [0.1, 0.15) is 130 Å². The Bertz CT molecular complexity index is 2590. The Morgan fingerprint density at radius 1 is 0.382 bits per heavy atom. The summed E-state index contributed by atoms with van der Waals surface area (Å²) in [4.78, 5) is 132. The molecule has 0 aliphatic rings. The van der Waals surface area contributed by atoms with Crippen LogP contribution in [0.15, 0.2) is 97.1 Å². The number of carboxylic acids is 4. The van der Waals surface area contributed by atoms with Gasteiger partial charge < -0.3 is 62.5 Å². The van der Waals surface area contributed by atoms with E-state index in [-0.39, 0.29) is 74.1 Å². The van der Waals surface area contributed by atoms with Crippen molar-refractivity contribution in [2.24, 2.45) is 5.92 Å². The number of hydrogen-bond acceptors (Lipinski definition) is 16. The number of quaternary nitrogens is 4. The molecule has 0 aliphatic carbocycles. The largest absolute Gasteiger partial charge is 0.544 e. The molecule has 0 aliphatic heterocycles. The number of aliphatic carboxylic acids is 4. The van der Waals surface area contributed by atoms with E-state index >= 15 is 0 Å². The van der Waals surface area contributed by atoms with E-state index in [1.54, 1.807) is 81.4 Å². The van der Waals surface area contributed by atoms with Crippen LogP contribution in [-0.2, 0) is 75.3 Å². The second-order valence-electron chi connectivity index (χ2n) is 16.8. The van der Waals surface area contributed by atoms with Crippen molar-refractivity contribution in [2.45, 2.75) is 127 Å². The first kappa shape index (κ1) is 74.5. The average Bonchev–Trinajstić information content (AvgIpc) is 3.34. The number of hydrogen-bond donors (Lipinski definition) is 4. The summed E-state index contributed by atoms with van der Waals surface area (Å²) >= 11 is 0. The van der Waals surface area contributed by atoms with Crippen LogP contribution in [0.3, 0.4) is 0 Å². The maximum Gasteiger partial charge on any atom is 0.228 e. The molecule has 0 spiro atoms. The second kappa shape index (κ2) is 36.8. The van der Waals surface area contributed by atoms with Gasteiger partial charge in [-0.25, -0.2) is 0 Å². The molecule has 4 atom stereocenters. The van der Waals surface area contributed by atoms with Crippen LogP contribution in [-0.4, -0.2) is 94.3 Å². The summed E-state index contributed by atoms with van der Waals surface area (Å²) in [6, 6.07) is 22.4. The Morgan fingerprint density at radius 2 is 0.632 bits per heavy atom. The number of rotatable bonds is 23. The number of carbonyl (C=O) groups is 12. The quantitative estimate of drug-likeness (QED) is 0.0423. The van der Waals surface area contributed by atoms with E-state index in [1.165, 1.54) is 50.2 Å². The van der Waals surface area contributed by atoms with Crippen LogP contribution >= 0.6 is 0 Å². The van der Waals surface area contributed by atoms with Crippen LogP contribution in [0.4, 0.5) is 0 Å². The highest BCUT2D eigenvalue weighted by Gasteiger charge is 2.20. The third-order valence-electron chi connectivity index (χ3n) is 10.3. The lowest BCUT2D eigenvalue weighted by Crippen LogP contribution is -2.69. The molecular weight excluding hydrogens is 985 g/mol. The zero-order valence-electron chi connectivity index (χ0n) is 40.7. The van der Waals surface area contributed by atoms with Crippen molar-refractivity contribution in [1.82, 2.24) is 0 Å². The van der Waals surface area contributed by atoms with Gasteiger partial charge in [-0.3, -0.25) is 38.4 Å². The van der Waals surface area contributed by atoms with Crippen molar-refractivity contribution in [3.63, 3.8) is 0 Å². The van der Waals surface area contributed by atoms with E-state index in [9.17, 15) is 78.0 Å². The van der Waals surface area contributed by atoms with Crippen molar-refractivity contribution in [1.29, 1.82) is 0 Å². The minimum Gasteiger partial charge on any atom is -0.544 e. The summed E-state index contributed by atoms with van der Waals surface area (Å²) in [6.45, 7) is 7.41. The maximum absolute atomic E-state index is 11.8. The van der Waals surface area contributed by atoms with Crippen LogP contribution < -0.4 is 43.4 Å². The van der Waals surface area contributed by atoms with Crippen LogP contribution in [0.5, 0.6) is 0 Å². The highest BCUT2D eigenvalue weighted by atomic mass is 16.4. The molecule has 0 aromatic heterocycles. The zero-order chi connectivity index (χ0) is 55.0. The van der Waals surface area contributed by atoms with E-state index in [4.69, 9.17) is 0 Å². The molecule has 0 amide bonds. The van der Waals surface area contributed by atoms with Gasteiger partial charge in [-0.05, 0) is 27.8 Å². The summed E-state index contributed by atoms with van der Waals surface area (Å²) in [7, 11) is 0. The predicted octanol–water partition coefficient (Wildman–Crippen LogP) is -3.06. The van der Waals surface area contributed by atoms with Crippen LogP contribution in [0.2, 0.25) is 0 Å². The molecule has 0 heterocycles. The number of carbonyl (C=O) groups excluding carboxylic acids is 12. The number of benzene rings is 4. The van der Waals surface area contributed by atoms with Crippen molar-refractivity contribution in [3.05, 3.63) is 142 Å². The molecule has 0 radical (unpaired) electrons. The van der Waals surface area contributed by atoms with Gasteiger partial charge in [0.25, 0.3) is 0 Å². The summed E-state index contributed by atoms with van der Waals surface area (Å²) in [5.74, 6) is -9.06. The van der Waals surface area contributed by atoms with E-state index in [1.807, 2.05) is 0 Å². The van der Waals surface area contributed by atoms with Gasteiger partial charge in [-0.1, -0.05) is 148 Å². The second-order valence-corrected chi connectivity index (χ2v) is 16.8. The van der Waals surface area contributed by atoms with Crippen molar-refractivity contribution in [2.75, 3.05) is 0 Å². The lowest BCUT2D eigenvalue weighted by molar-refractivity contribution is -0.437. The molecule has 76 heavy (non-hydrogen) atoms. The first-order valence-electron chi connectivity index (χ1n) is 22.3. The fourth-order valence-electron chi connectivity index (χ4n) is 5.88. The smallest absolute Gasteiger partial charge is 0.228 e. The highest BCUT2D eigenvalue weighted by molar-refractivity contribution is 6.44. The van der Waals surface area contributed by atoms with Gasteiger partial charge in [-0.2, -0.15) is 0 Å². The Labute approximate surface area is 444 Å². The molecular formula is C56H76N4O16. The average molecular weight is 1060 g/mol. The van der Waals surface area contributed by atoms with Crippen molar-refractivity contribution in [3.8, 4) is 0 Å². The lowest BCUT2D eigenvalue weighted by Gasteiger charge is -2.09. The van der Waals surface area contributed by atoms with E-state index in [0.717, 1.165) is 27.8 Å². The van der Waals surface area contributed by atoms with E-state index in [0.29, 0.717) is 16.7 Å². The van der Waals surface area contributed by atoms with Crippen LogP contribution in [0, 0.1) is 5.92 Å². The first-order valence-corrected chi connectivity index (χ1v) is 22.3. The molecule has 0 saturated carbocycles. The fourth-order valence-corrected chi connectivity index (χ4v) is 5.88. The first-order chi connectivity index (χ1) is 33.6. The number of Topliss-reactive ketones (excluding diaryl/α,β-unsaturated/α-hetero) is 8. The SMILES string of the molecule is C.C.C.C.CC(=O)C(=O)Cc1ccc(C[C@H]([NH3+])C(=O)[O-])cc1.CC(=O)C(=O)c1ccc(C[C@H]([NH3+])C(=O)[O-])cc1.CC(C)C(=O)C(=O)c1ccc(C[C@H]([NH3+])C(=O)[O-])cc1.CCC(=O)C(=O)c1ccc(C[C@H]([NH3+])C(=O)[O-])cc1. The van der Waals surface area contributed by atoms with Gasteiger partial charge in [0, 0.05) is 75.0 Å². The Kier molecular flexibility index (Phi) is 36.1. The Balaban J connectivity index is -0.000000447. The van der Waals surface area contributed by atoms with Gasteiger partial charge in [0.15, 0.2) is 11.6 Å². The molecule has 0 unspecified atom stereocenters. The standard InChI is InChI=1S/C14H17NO4.2C13H15NO4.C12H13NO4.4CH4/c1-8(2)12(16)13(17)10-5-3-9(4-6-10)7-11(15)14(18)19;1-8(15)12(16)7-10-4-2-9(3-5-10)6-11(14)13(17)18;1-2-11(15)12(16)9-5-3-8(4-6-9)7-10(14)13(17)18;1-7(14)11(15)9-4-2-8(3-5-9)6-10(13)12(16)17;;;;/h3-6,8,11H,7,15H2,1-2H3,(H,18,19);2-5,11H,6-7,14H2,1H3,(H,17,18);3-6,10H,2,7,14H2,1H3,(H,17,18);2-5,10H,6,13H2,1H3,(H,16,17);4*1H4/t2*11-;2*10-;;;;/m0000..../s1. The zero-order valence-corrected chi connectivity index (χ0v) is 40.7. The molecule has 0 saturated heterocycles. The summed E-state index contributed by atoms with van der Waals surface area (Å²) < 4.78 is 0. The maximum atomic E-state index is 11.8. The predicted molar refractivity (Wildman–Crippen MR) is 272 cm³/mol. The molecule has 0 bridgehead atoms. The molecule has 4 rings (SSSR count). The molecule has 4 aromatic rings. The van der Waals surface area contributed by atoms with Crippen LogP contribution in [0.25, 0.3) is 0 Å². The van der Waals surface area contributed by atoms with Gasteiger partial charge in [-0.15, -0.1) is 0 Å². The highest BCUT2D eigenvalue weighted by Crippen LogP contribution is 2.12. The van der Waals surface area contributed by atoms with Gasteiger partial charge in [0.2, 0.25) is 34.7 Å². The van der Waals surface area contributed by atoms with Gasteiger partial charge in [0.05, 0.1) is 23.9 Å². The topological polar surface area (TPSA) is 408 Å². The molecule has 416 valence electrons. The molecule has 12 N–H and O–H groups in total. The molecule has 20 nitrogen and oxygen atoms in total. The van der Waals surface area contributed by atoms with E-state index in [2.05, 4.69) is 22.9 Å². The third-order valence-corrected chi connectivity index (χ3v) is 10.3. The van der Waals surface area contributed by atoms with Gasteiger partial charge >= 0.3 is 0 Å². The monoisotopic (exact) mass is 1060 g/mol. The normalized spacial score (nSPS) is 11.3. The lowest BCUT2D eigenvalue weighted by atomic mass is 9.97. The summed E-state index contributed by atoms with van der Waals surface area (Å²) in [5.41, 5.74) is 18.5. The molecule has 20 heteroatoms. The van der Waals surface area contributed by atoms with Gasteiger partial charge in [0.1, 0.15) is 24.2 Å². The number of ketones is 8. The third kappa shape index (κ3) is 26.8. The molecule has 4 aromatic carbocycles. The Hall–Kier alpha value is -8.04. The van der Waals surface area contributed by atoms with Crippen molar-refractivity contribution >= 4 is 70.1 Å². The summed E-state index contributed by atoms with van der Waals surface area (Å²) in [6.07, 6.45) is 1.23. The summed E-state index contributed by atoms with van der Waals surface area (Å²) in [5, 5.41) is 42.1. The minimum atomic E-state index is -1.21.